The van der Waals surface area contributed by atoms with Gasteiger partial charge in [-0.15, -0.1) is 0 Å². The summed E-state index contributed by atoms with van der Waals surface area (Å²) in [5, 5.41) is 9.98. The highest BCUT2D eigenvalue weighted by Gasteiger charge is 2.35. The predicted molar refractivity (Wildman–Crippen MR) is 152 cm³/mol. The van der Waals surface area contributed by atoms with Gasteiger partial charge in [-0.2, -0.15) is 5.26 Å². The van der Waals surface area contributed by atoms with E-state index in [-0.39, 0.29) is 11.8 Å². The van der Waals surface area contributed by atoms with Crippen LogP contribution in [-0.4, -0.2) is 13.2 Å². The van der Waals surface area contributed by atoms with E-state index < -0.39 is 0 Å². The lowest BCUT2D eigenvalue weighted by Gasteiger charge is -2.33. The Labute approximate surface area is 227 Å². The first kappa shape index (κ1) is 27.4. The molecule has 0 aromatic heterocycles. The van der Waals surface area contributed by atoms with Crippen LogP contribution in [-0.2, 0) is 4.74 Å². The highest BCUT2D eigenvalue weighted by Crippen LogP contribution is 2.47. The van der Waals surface area contributed by atoms with Gasteiger partial charge in [0.1, 0.15) is 28.9 Å². The zero-order valence-corrected chi connectivity index (χ0v) is 22.8. The second-order valence-corrected chi connectivity index (χ2v) is 10.1. The minimum absolute atomic E-state index is 0.194. The van der Waals surface area contributed by atoms with Crippen LogP contribution in [0.1, 0.15) is 88.7 Å². The maximum Gasteiger partial charge on any atom is 0.205 e. The molecule has 5 nitrogen and oxygen atoms in total. The molecule has 1 aliphatic heterocycles. The maximum atomic E-state index is 9.98. The number of benzene rings is 2. The van der Waals surface area contributed by atoms with Gasteiger partial charge < -0.3 is 19.9 Å². The first-order valence-electron chi connectivity index (χ1n) is 14.1. The fraction of sp³-hybridized carbons (Fsp3) is 0.424. The number of hydrogen-bond donors (Lipinski definition) is 1. The first-order valence-corrected chi connectivity index (χ1v) is 14.1. The molecule has 2 aromatic carbocycles. The van der Waals surface area contributed by atoms with Crippen molar-refractivity contribution in [3.8, 4) is 17.6 Å². The largest absolute Gasteiger partial charge is 0.494 e. The Kier molecular flexibility index (Phi) is 9.92. The molecule has 1 heterocycles. The van der Waals surface area contributed by atoms with E-state index in [2.05, 4.69) is 50.3 Å². The second-order valence-electron chi connectivity index (χ2n) is 10.1. The van der Waals surface area contributed by atoms with Gasteiger partial charge in [-0.25, -0.2) is 0 Å². The number of rotatable bonds is 12. The third-order valence-corrected chi connectivity index (χ3v) is 7.18. The van der Waals surface area contributed by atoms with Crippen LogP contribution in [0.4, 0.5) is 0 Å². The molecule has 5 heteroatoms. The van der Waals surface area contributed by atoms with Crippen LogP contribution < -0.4 is 15.2 Å². The predicted octanol–water partition coefficient (Wildman–Crippen LogP) is 8.15. The average molecular weight is 513 g/mol. The topological polar surface area (TPSA) is 77.5 Å². The quantitative estimate of drug-likeness (QED) is 0.290. The molecule has 0 amide bonds. The zero-order chi connectivity index (χ0) is 26.7. The lowest BCUT2D eigenvalue weighted by atomic mass is 9.77. The normalized spacial score (nSPS) is 18.1. The third kappa shape index (κ3) is 6.81. The molecular weight excluding hydrogens is 472 g/mol. The van der Waals surface area contributed by atoms with Crippen molar-refractivity contribution in [3.05, 3.63) is 88.0 Å². The van der Waals surface area contributed by atoms with Gasteiger partial charge in [0, 0.05) is 5.92 Å². The van der Waals surface area contributed by atoms with Crippen LogP contribution in [0.2, 0.25) is 0 Å². The van der Waals surface area contributed by atoms with Crippen LogP contribution in [0.15, 0.2) is 76.9 Å². The van der Waals surface area contributed by atoms with Crippen LogP contribution in [0, 0.1) is 11.3 Å². The van der Waals surface area contributed by atoms with Gasteiger partial charge in [0.2, 0.25) is 5.88 Å². The molecule has 0 radical (unpaired) electrons. The Hall–Kier alpha value is -3.65. The number of allylic oxidation sites excluding steroid dienone is 3. The van der Waals surface area contributed by atoms with E-state index in [1.54, 1.807) is 0 Å². The molecule has 2 N–H and O–H groups in total. The Morgan fingerprint density at radius 3 is 2.08 bits per heavy atom. The van der Waals surface area contributed by atoms with Crippen molar-refractivity contribution in [2.24, 2.45) is 5.73 Å². The zero-order valence-electron chi connectivity index (χ0n) is 22.8. The average Bonchev–Trinajstić information content (AvgIpc) is 2.94. The summed E-state index contributed by atoms with van der Waals surface area (Å²) in [4.78, 5) is 0. The van der Waals surface area contributed by atoms with E-state index in [9.17, 15) is 5.26 Å². The van der Waals surface area contributed by atoms with Gasteiger partial charge >= 0.3 is 0 Å². The number of unbranched alkanes of at least 4 members (excludes halogenated alkanes) is 4. The molecule has 1 atom stereocenters. The lowest BCUT2D eigenvalue weighted by Crippen LogP contribution is -2.23. The van der Waals surface area contributed by atoms with E-state index in [4.69, 9.17) is 19.9 Å². The molecule has 38 heavy (non-hydrogen) atoms. The SMILES string of the molecule is CCCCCOc1ccc(/C=C2/CCCC3=C2OC(N)=C(C#N)C3c2ccc(OCCCCC)cc2)cc1. The van der Waals surface area contributed by atoms with Crippen molar-refractivity contribution in [2.75, 3.05) is 13.2 Å². The second kappa shape index (κ2) is 13.8. The monoisotopic (exact) mass is 512 g/mol. The summed E-state index contributed by atoms with van der Waals surface area (Å²) in [7, 11) is 0. The Morgan fingerprint density at radius 1 is 0.895 bits per heavy atom. The summed E-state index contributed by atoms with van der Waals surface area (Å²) in [5.74, 6) is 2.55. The van der Waals surface area contributed by atoms with Crippen molar-refractivity contribution in [3.63, 3.8) is 0 Å². The summed E-state index contributed by atoms with van der Waals surface area (Å²) in [6, 6.07) is 18.6. The molecule has 2 aromatic rings. The Balaban J connectivity index is 1.55. The van der Waals surface area contributed by atoms with Crippen molar-refractivity contribution in [2.45, 2.75) is 77.6 Å². The van der Waals surface area contributed by atoms with E-state index >= 15 is 0 Å². The fourth-order valence-corrected chi connectivity index (χ4v) is 5.12. The summed E-state index contributed by atoms with van der Waals surface area (Å²) in [5.41, 5.74) is 11.2. The summed E-state index contributed by atoms with van der Waals surface area (Å²) in [6.07, 6.45) is 11.8. The van der Waals surface area contributed by atoms with E-state index in [0.29, 0.717) is 5.57 Å². The van der Waals surface area contributed by atoms with Crippen molar-refractivity contribution in [1.82, 2.24) is 0 Å². The molecule has 1 aliphatic carbocycles. The van der Waals surface area contributed by atoms with Gasteiger partial charge in [-0.1, -0.05) is 63.8 Å². The van der Waals surface area contributed by atoms with E-state index in [1.807, 2.05) is 24.3 Å². The maximum absolute atomic E-state index is 9.98. The minimum atomic E-state index is -0.208. The Morgan fingerprint density at radius 2 is 1.50 bits per heavy atom. The van der Waals surface area contributed by atoms with Gasteiger partial charge in [0.05, 0.1) is 13.2 Å². The highest BCUT2D eigenvalue weighted by atomic mass is 16.5. The van der Waals surface area contributed by atoms with E-state index in [0.717, 1.165) is 84.8 Å². The van der Waals surface area contributed by atoms with Crippen molar-refractivity contribution in [1.29, 1.82) is 5.26 Å². The summed E-state index contributed by atoms with van der Waals surface area (Å²) >= 11 is 0. The molecule has 2 aliphatic rings. The standard InChI is InChI=1S/C33H40N2O3/c1-3-5-7-20-36-27-16-12-24(13-17-27)22-26-10-9-11-29-31(30(23-34)33(35)38-32(26)29)25-14-18-28(19-15-25)37-21-8-6-4-2/h12-19,22,31H,3-11,20-21,35H2,1-2H3/b26-22-. The lowest BCUT2D eigenvalue weighted by molar-refractivity contribution is 0.277. The number of nitrogens with zero attached hydrogens (tertiary/aromatic N) is 1. The van der Waals surface area contributed by atoms with Gasteiger partial charge in [-0.3, -0.25) is 0 Å². The summed E-state index contributed by atoms with van der Waals surface area (Å²) < 4.78 is 17.9. The molecule has 4 rings (SSSR count). The molecule has 1 unspecified atom stereocenters. The molecule has 0 saturated heterocycles. The van der Waals surface area contributed by atoms with Crippen molar-refractivity contribution >= 4 is 6.08 Å². The van der Waals surface area contributed by atoms with Gasteiger partial charge in [0.15, 0.2) is 0 Å². The van der Waals surface area contributed by atoms with Gasteiger partial charge in [-0.05, 0) is 84.7 Å². The Bertz CT molecular complexity index is 1200. The number of nitrogens with two attached hydrogens (primary N) is 1. The van der Waals surface area contributed by atoms with Crippen LogP contribution in [0.25, 0.3) is 6.08 Å². The minimum Gasteiger partial charge on any atom is -0.494 e. The van der Waals surface area contributed by atoms with Crippen molar-refractivity contribution < 1.29 is 14.2 Å². The van der Waals surface area contributed by atoms with Crippen LogP contribution in [0.5, 0.6) is 11.5 Å². The third-order valence-electron chi connectivity index (χ3n) is 7.18. The molecule has 200 valence electrons. The molecule has 0 spiro atoms. The molecule has 0 fully saturated rings. The molecule has 0 bridgehead atoms. The number of ether oxygens (including phenoxy) is 3. The number of hydrogen-bond acceptors (Lipinski definition) is 5. The highest BCUT2D eigenvalue weighted by molar-refractivity contribution is 5.62. The molecular formula is C33H40N2O3. The van der Waals surface area contributed by atoms with E-state index in [1.165, 1.54) is 25.7 Å². The molecule has 0 saturated carbocycles. The number of nitriles is 1. The smallest absolute Gasteiger partial charge is 0.205 e. The van der Waals surface area contributed by atoms with Crippen LogP contribution >= 0.6 is 0 Å². The van der Waals surface area contributed by atoms with Crippen LogP contribution in [0.3, 0.4) is 0 Å². The fourth-order valence-electron chi connectivity index (χ4n) is 5.12. The first-order chi connectivity index (χ1) is 18.6. The summed E-state index contributed by atoms with van der Waals surface area (Å²) in [6.45, 7) is 5.84. The van der Waals surface area contributed by atoms with Gasteiger partial charge in [0.25, 0.3) is 0 Å².